The minimum Gasteiger partial charge on any atom is -0.476 e. The van der Waals surface area contributed by atoms with E-state index in [1.807, 2.05) is 32.6 Å². The van der Waals surface area contributed by atoms with Crippen molar-refractivity contribution in [3.05, 3.63) is 47.2 Å². The maximum absolute atomic E-state index is 15.3. The molecule has 1 aromatic heterocycles. The predicted molar refractivity (Wildman–Crippen MR) is 195 cm³/mol. The number of thiocarbonyl (C=S) groups is 1. The maximum atomic E-state index is 15.3. The number of amides is 3. The molecule has 0 radical (unpaired) electrons. The van der Waals surface area contributed by atoms with Crippen LogP contribution >= 0.6 is 12.2 Å². The van der Waals surface area contributed by atoms with E-state index in [0.29, 0.717) is 30.9 Å². The predicted octanol–water partition coefficient (Wildman–Crippen LogP) is 5.90. The number of nitrogens with one attached hydrogen (secondary N) is 1. The molecule has 2 aromatic rings. The summed E-state index contributed by atoms with van der Waals surface area (Å²) in [6.45, 7) is 11.7. The van der Waals surface area contributed by atoms with Crippen molar-refractivity contribution in [2.45, 2.75) is 91.0 Å². The van der Waals surface area contributed by atoms with Crippen LogP contribution in [0.25, 0.3) is 0 Å². The van der Waals surface area contributed by atoms with E-state index < -0.39 is 68.5 Å². The van der Waals surface area contributed by atoms with Gasteiger partial charge in [0.2, 0.25) is 11.8 Å². The molecule has 2 saturated heterocycles. The first-order valence-electron chi connectivity index (χ1n) is 17.7. The molecule has 0 aliphatic carbocycles. The first kappa shape index (κ1) is 43.3. The Kier molecular flexibility index (Phi) is 13.8. The van der Waals surface area contributed by atoms with Gasteiger partial charge in [0.05, 0.1) is 49.0 Å². The first-order chi connectivity index (χ1) is 25.7. The lowest BCUT2D eigenvalue weighted by atomic mass is 9.85. The number of rotatable bonds is 15. The van der Waals surface area contributed by atoms with Gasteiger partial charge in [-0.25, -0.2) is 13.8 Å². The van der Waals surface area contributed by atoms with Crippen LogP contribution in [0.2, 0.25) is 0 Å². The molecule has 2 unspecified atom stereocenters. The third-order valence-electron chi connectivity index (χ3n) is 9.27. The molecular formula is C37H45F5N6O6S. The van der Waals surface area contributed by atoms with Crippen molar-refractivity contribution in [2.75, 3.05) is 49.4 Å². The zero-order chi connectivity index (χ0) is 40.9. The molecule has 18 heteroatoms. The summed E-state index contributed by atoms with van der Waals surface area (Å²) in [6.07, 6.45) is -1.18. The van der Waals surface area contributed by atoms with E-state index >= 15 is 8.78 Å². The number of nitriles is 1. The van der Waals surface area contributed by atoms with Crippen LogP contribution < -0.4 is 19.9 Å². The molecule has 0 bridgehead atoms. The van der Waals surface area contributed by atoms with Gasteiger partial charge in [-0.15, -0.1) is 0 Å². The fourth-order valence-corrected chi connectivity index (χ4v) is 6.85. The maximum Gasteiger partial charge on any atom is 0.420 e. The molecule has 1 N–H and O–H groups in total. The largest absolute Gasteiger partial charge is 0.476 e. The number of alkyl halides is 3. The van der Waals surface area contributed by atoms with Crippen LogP contribution in [0.1, 0.15) is 78.4 Å². The fraction of sp³-hybridized carbons (Fsp3) is 0.568. The van der Waals surface area contributed by atoms with Crippen LogP contribution in [0.4, 0.5) is 33.3 Å². The van der Waals surface area contributed by atoms with Crippen molar-refractivity contribution in [1.29, 1.82) is 5.26 Å². The number of carbonyl (C=O) groups excluding carboxylic acids is 3. The molecule has 300 valence electrons. The molecule has 55 heavy (non-hydrogen) atoms. The molecule has 0 spiro atoms. The summed E-state index contributed by atoms with van der Waals surface area (Å²) in [7, 11) is 0. The number of pyridine rings is 1. The minimum atomic E-state index is -5.23. The Balaban J connectivity index is 1.21. The molecule has 3 heterocycles. The number of benzene rings is 1. The smallest absolute Gasteiger partial charge is 0.420 e. The highest BCUT2D eigenvalue weighted by atomic mass is 32.1. The third-order valence-corrected chi connectivity index (χ3v) is 9.63. The van der Waals surface area contributed by atoms with Crippen LogP contribution in [0, 0.1) is 28.4 Å². The normalized spacial score (nSPS) is 17.8. The molecule has 1 aromatic carbocycles. The van der Waals surface area contributed by atoms with Crippen molar-refractivity contribution in [1.82, 2.24) is 15.2 Å². The molecule has 12 nitrogen and oxygen atoms in total. The van der Waals surface area contributed by atoms with Gasteiger partial charge in [-0.3, -0.25) is 19.3 Å². The number of nitrogens with zero attached hydrogens (tertiary/aromatic N) is 5. The SMILES string of the molecule is CC1CCCN1C(=O)C(NC(=O)COCCOCCCCOc1ncc(N2C(=S)N(c3ccc(C#N)c(C(F)(F)F)c3F)C(=O)C2(C)C)cc1F)C(C)(C)C. The van der Waals surface area contributed by atoms with Gasteiger partial charge in [0, 0.05) is 25.3 Å². The van der Waals surface area contributed by atoms with Gasteiger partial charge in [0.1, 0.15) is 23.8 Å². The highest BCUT2D eigenvalue weighted by Crippen LogP contribution is 2.42. The van der Waals surface area contributed by atoms with E-state index in [4.69, 9.17) is 31.7 Å². The summed E-state index contributed by atoms with van der Waals surface area (Å²) in [5, 5.41) is 11.5. The van der Waals surface area contributed by atoms with E-state index in [-0.39, 0.29) is 49.9 Å². The van der Waals surface area contributed by atoms with Crippen LogP contribution in [0.15, 0.2) is 24.4 Å². The van der Waals surface area contributed by atoms with Gasteiger partial charge in [0.25, 0.3) is 11.8 Å². The molecule has 2 atom stereocenters. The molecule has 4 rings (SSSR count). The van der Waals surface area contributed by atoms with E-state index in [9.17, 15) is 27.6 Å². The summed E-state index contributed by atoms with van der Waals surface area (Å²) in [5.41, 5.74) is -5.72. The average molecular weight is 797 g/mol. The second kappa shape index (κ2) is 17.5. The number of hydrogen-bond donors (Lipinski definition) is 1. The second-order valence-electron chi connectivity index (χ2n) is 14.8. The Morgan fingerprint density at radius 1 is 1.11 bits per heavy atom. The van der Waals surface area contributed by atoms with Gasteiger partial charge < -0.3 is 29.3 Å². The monoisotopic (exact) mass is 796 g/mol. The van der Waals surface area contributed by atoms with Crippen LogP contribution in [-0.4, -0.2) is 89.9 Å². The zero-order valence-electron chi connectivity index (χ0n) is 31.5. The lowest BCUT2D eigenvalue weighted by molar-refractivity contribution is -0.141. The number of aromatic nitrogens is 1. The number of unbranched alkanes of at least 4 members (excludes halogenated alkanes) is 1. The van der Waals surface area contributed by atoms with Crippen molar-refractivity contribution >= 4 is 46.4 Å². The standard InChI is InChI=1S/C37H45F5N6O6S/c1-22-10-9-13-46(22)32(50)30(35(2,3)4)45-27(49)21-53-17-16-52-14-7-8-15-54-31-25(38)18-24(20-44-31)48-34(55)47(33(51)36(48,5)6)26-12-11-23(19-43)28(29(26)39)37(40,41)42/h11-12,18,20,22,30H,7-10,13-17,21H2,1-6H3,(H,45,49). The number of anilines is 2. The number of carbonyl (C=O) groups is 3. The van der Waals surface area contributed by atoms with Crippen molar-refractivity contribution < 1.29 is 50.5 Å². The molecule has 3 amide bonds. The average Bonchev–Trinajstić information content (AvgIpc) is 3.60. The van der Waals surface area contributed by atoms with Crippen LogP contribution in [0.5, 0.6) is 5.88 Å². The summed E-state index contributed by atoms with van der Waals surface area (Å²) >= 11 is 5.38. The van der Waals surface area contributed by atoms with Crippen LogP contribution in [0.3, 0.4) is 0 Å². The molecule has 0 saturated carbocycles. The van der Waals surface area contributed by atoms with Gasteiger partial charge >= 0.3 is 6.18 Å². The summed E-state index contributed by atoms with van der Waals surface area (Å²) in [6, 6.07) is 3.35. The molecule has 2 aliphatic rings. The van der Waals surface area contributed by atoms with Gasteiger partial charge in [-0.1, -0.05) is 20.8 Å². The quantitative estimate of drug-likeness (QED) is 0.132. The fourth-order valence-electron chi connectivity index (χ4n) is 6.33. The third kappa shape index (κ3) is 9.86. The highest BCUT2D eigenvalue weighted by Gasteiger charge is 2.52. The molecule has 2 fully saturated rings. The highest BCUT2D eigenvalue weighted by molar-refractivity contribution is 7.81. The van der Waals surface area contributed by atoms with Crippen molar-refractivity contribution in [3.8, 4) is 11.9 Å². The Labute approximate surface area is 321 Å². The van der Waals surface area contributed by atoms with Gasteiger partial charge in [-0.2, -0.15) is 18.4 Å². The van der Waals surface area contributed by atoms with Crippen molar-refractivity contribution in [3.63, 3.8) is 0 Å². The number of ether oxygens (including phenoxy) is 3. The van der Waals surface area contributed by atoms with E-state index in [2.05, 4.69) is 10.3 Å². The van der Waals surface area contributed by atoms with E-state index in [0.717, 1.165) is 42.1 Å². The zero-order valence-corrected chi connectivity index (χ0v) is 32.3. The Bertz CT molecular complexity index is 1810. The van der Waals surface area contributed by atoms with Gasteiger partial charge in [0.15, 0.2) is 16.7 Å². The lowest BCUT2D eigenvalue weighted by Gasteiger charge is -2.35. The second-order valence-corrected chi connectivity index (χ2v) is 15.2. The number of likely N-dealkylation sites (tertiary alicyclic amines) is 1. The number of hydrogen-bond acceptors (Lipinski definition) is 9. The Morgan fingerprint density at radius 3 is 2.38 bits per heavy atom. The first-order valence-corrected chi connectivity index (χ1v) is 18.1. The van der Waals surface area contributed by atoms with Gasteiger partial charge in [-0.05, 0) is 76.2 Å². The van der Waals surface area contributed by atoms with E-state index in [1.54, 1.807) is 0 Å². The summed E-state index contributed by atoms with van der Waals surface area (Å²) < 4.78 is 87.8. The topological polar surface area (TPSA) is 137 Å². The molecule has 2 aliphatic heterocycles. The summed E-state index contributed by atoms with van der Waals surface area (Å²) in [4.78, 5) is 46.6. The van der Waals surface area contributed by atoms with Crippen molar-refractivity contribution in [2.24, 2.45) is 5.41 Å². The Morgan fingerprint density at radius 2 is 1.78 bits per heavy atom. The lowest BCUT2D eigenvalue weighted by Crippen LogP contribution is -2.56. The Hall–Kier alpha value is -4.47. The number of halogens is 5. The van der Waals surface area contributed by atoms with E-state index in [1.165, 1.54) is 19.9 Å². The summed E-state index contributed by atoms with van der Waals surface area (Å²) in [5.74, 6) is -4.48. The van der Waals surface area contributed by atoms with Crippen LogP contribution in [-0.2, 0) is 30.0 Å². The molecular weight excluding hydrogens is 752 g/mol. The minimum absolute atomic E-state index is 0.0341.